The number of carbonyl (C=O) groups is 2. The summed E-state index contributed by atoms with van der Waals surface area (Å²) >= 11 is 0. The average molecular weight is 367 g/mol. The van der Waals surface area contributed by atoms with E-state index in [9.17, 15) is 9.59 Å². The first-order valence-electron chi connectivity index (χ1n) is 9.56. The monoisotopic (exact) mass is 367 g/mol. The topological polar surface area (TPSA) is 79.3 Å². The largest absolute Gasteiger partial charge is 0.323 e. The van der Waals surface area contributed by atoms with Gasteiger partial charge in [-0.2, -0.15) is 5.10 Å². The van der Waals surface area contributed by atoms with E-state index in [4.69, 9.17) is 0 Å². The van der Waals surface area contributed by atoms with Gasteiger partial charge in [-0.1, -0.05) is 25.1 Å². The fraction of sp³-hybridized carbons (Fsp3) is 0.450. The van der Waals surface area contributed by atoms with Crippen molar-refractivity contribution in [3.05, 3.63) is 48.3 Å². The molecule has 1 aromatic carbocycles. The predicted octanol–water partition coefficient (Wildman–Crippen LogP) is 2.07. The number of likely N-dealkylation sites (tertiary alicyclic amines) is 1. The minimum absolute atomic E-state index is 0.171. The number of rotatable bonds is 5. The maximum Gasteiger partial charge on any atom is 0.322 e. The van der Waals surface area contributed by atoms with Crippen LogP contribution in [0.4, 0.5) is 4.79 Å². The van der Waals surface area contributed by atoms with Crippen LogP contribution in [0.1, 0.15) is 31.9 Å². The Morgan fingerprint density at radius 2 is 1.89 bits per heavy atom. The van der Waals surface area contributed by atoms with Crippen molar-refractivity contribution in [3.8, 4) is 5.69 Å². The minimum Gasteiger partial charge on any atom is -0.323 e. The van der Waals surface area contributed by atoms with Gasteiger partial charge in [-0.3, -0.25) is 15.0 Å². The Balaban J connectivity index is 1.42. The van der Waals surface area contributed by atoms with Gasteiger partial charge in [0.2, 0.25) is 0 Å². The summed E-state index contributed by atoms with van der Waals surface area (Å²) in [6, 6.07) is 11.8. The van der Waals surface area contributed by atoms with Crippen LogP contribution in [0.5, 0.6) is 0 Å². The fourth-order valence-corrected chi connectivity index (χ4v) is 4.40. The quantitative estimate of drug-likeness (QED) is 0.793. The molecule has 4 rings (SSSR count). The first-order valence-corrected chi connectivity index (χ1v) is 9.56. The van der Waals surface area contributed by atoms with Gasteiger partial charge in [0, 0.05) is 12.7 Å². The average Bonchev–Trinajstić information content (AvgIpc) is 3.27. The van der Waals surface area contributed by atoms with Crippen molar-refractivity contribution >= 4 is 11.9 Å². The van der Waals surface area contributed by atoms with Crippen LogP contribution in [-0.2, 0) is 11.3 Å². The molecule has 0 unspecified atom stereocenters. The predicted molar refractivity (Wildman–Crippen MR) is 101 cm³/mol. The summed E-state index contributed by atoms with van der Waals surface area (Å²) in [5.74, 6) is -0.000150. The summed E-state index contributed by atoms with van der Waals surface area (Å²) in [7, 11) is 0. The lowest BCUT2D eigenvalue weighted by atomic mass is 9.76. The molecular weight excluding hydrogens is 342 g/mol. The maximum atomic E-state index is 12.4. The second kappa shape index (κ2) is 7.15. The number of hydrogen-bond donors (Lipinski definition) is 2. The third-order valence-corrected chi connectivity index (χ3v) is 5.92. The van der Waals surface area contributed by atoms with Gasteiger partial charge in [0.1, 0.15) is 5.54 Å². The molecule has 0 saturated carbocycles. The van der Waals surface area contributed by atoms with Gasteiger partial charge in [-0.15, -0.1) is 0 Å². The number of benzene rings is 1. The molecule has 2 saturated heterocycles. The second-order valence-corrected chi connectivity index (χ2v) is 7.35. The first-order chi connectivity index (χ1) is 13.1. The molecule has 7 heteroatoms. The Hall–Kier alpha value is -2.67. The lowest BCUT2D eigenvalue weighted by molar-refractivity contribution is -0.126. The van der Waals surface area contributed by atoms with E-state index in [0.717, 1.165) is 43.9 Å². The smallest absolute Gasteiger partial charge is 0.322 e. The van der Waals surface area contributed by atoms with Crippen LogP contribution < -0.4 is 10.6 Å². The van der Waals surface area contributed by atoms with Crippen LogP contribution in [0, 0.1) is 5.92 Å². The number of para-hydroxylation sites is 1. The molecule has 2 N–H and O–H groups in total. The van der Waals surface area contributed by atoms with Gasteiger partial charge < -0.3 is 5.32 Å². The van der Waals surface area contributed by atoms with E-state index in [1.54, 1.807) is 0 Å². The Labute approximate surface area is 158 Å². The van der Waals surface area contributed by atoms with Crippen LogP contribution >= 0.6 is 0 Å². The lowest BCUT2D eigenvalue weighted by Crippen LogP contribution is -2.55. The highest BCUT2D eigenvalue weighted by Gasteiger charge is 2.50. The lowest BCUT2D eigenvalue weighted by Gasteiger charge is -2.40. The molecule has 0 spiro atoms. The molecule has 2 fully saturated rings. The van der Waals surface area contributed by atoms with Crippen LogP contribution in [0.3, 0.4) is 0 Å². The van der Waals surface area contributed by atoms with Crippen molar-refractivity contribution in [3.63, 3.8) is 0 Å². The third kappa shape index (κ3) is 3.23. The van der Waals surface area contributed by atoms with Crippen molar-refractivity contribution in [1.29, 1.82) is 0 Å². The molecule has 2 aliphatic heterocycles. The van der Waals surface area contributed by atoms with Crippen LogP contribution in [-0.4, -0.2) is 45.2 Å². The molecule has 3 amide bonds. The number of hydrogen-bond acceptors (Lipinski definition) is 4. The Morgan fingerprint density at radius 3 is 2.52 bits per heavy atom. The summed E-state index contributed by atoms with van der Waals surface area (Å²) in [6.45, 7) is 4.58. The van der Waals surface area contributed by atoms with Gasteiger partial charge in [0.25, 0.3) is 5.91 Å². The number of urea groups is 1. The number of aromatic nitrogens is 2. The third-order valence-electron chi connectivity index (χ3n) is 5.92. The SMILES string of the molecule is CC[C@@]1(C2CCN(Cc3ccnn3-c3ccccc3)CC2)NC(=O)NC1=O. The fourth-order valence-electron chi connectivity index (χ4n) is 4.40. The van der Waals surface area contributed by atoms with Crippen LogP contribution in [0.25, 0.3) is 5.69 Å². The highest BCUT2D eigenvalue weighted by molar-refractivity contribution is 6.07. The number of imide groups is 1. The summed E-state index contributed by atoms with van der Waals surface area (Å²) in [5.41, 5.74) is 1.47. The van der Waals surface area contributed by atoms with Gasteiger partial charge in [0.05, 0.1) is 11.4 Å². The molecule has 0 radical (unpaired) electrons. The molecule has 1 atom stereocenters. The van der Waals surface area contributed by atoms with E-state index >= 15 is 0 Å². The van der Waals surface area contributed by atoms with Crippen molar-refractivity contribution in [2.75, 3.05) is 13.1 Å². The van der Waals surface area contributed by atoms with E-state index < -0.39 is 5.54 Å². The second-order valence-electron chi connectivity index (χ2n) is 7.35. The number of carbonyl (C=O) groups excluding carboxylic acids is 2. The zero-order valence-electron chi connectivity index (χ0n) is 15.5. The highest BCUT2D eigenvalue weighted by atomic mass is 16.2. The zero-order valence-corrected chi connectivity index (χ0v) is 15.5. The first kappa shape index (κ1) is 17.7. The number of nitrogens with zero attached hydrogens (tertiary/aromatic N) is 3. The van der Waals surface area contributed by atoms with Crippen LogP contribution in [0.2, 0.25) is 0 Å². The summed E-state index contributed by atoms with van der Waals surface area (Å²) < 4.78 is 1.98. The Kier molecular flexibility index (Phi) is 4.70. The molecule has 0 bridgehead atoms. The highest BCUT2D eigenvalue weighted by Crippen LogP contribution is 2.33. The summed E-state index contributed by atoms with van der Waals surface area (Å²) in [6.07, 6.45) is 4.23. The normalized spacial score (nSPS) is 24.0. The molecule has 142 valence electrons. The Morgan fingerprint density at radius 1 is 1.15 bits per heavy atom. The number of nitrogens with one attached hydrogen (secondary N) is 2. The van der Waals surface area contributed by atoms with E-state index in [0.29, 0.717) is 6.42 Å². The molecule has 2 aliphatic rings. The summed E-state index contributed by atoms with van der Waals surface area (Å²) in [4.78, 5) is 26.4. The van der Waals surface area contributed by atoms with Crippen molar-refractivity contribution < 1.29 is 9.59 Å². The standard InChI is InChI=1S/C20H25N5O2/c1-2-20(18(26)22-19(27)23-20)15-9-12-24(13-10-15)14-17-8-11-21-25(17)16-6-4-3-5-7-16/h3-8,11,15H,2,9-10,12-14H2,1H3,(H2,22,23,26,27)/t20-/m0/s1. The van der Waals surface area contributed by atoms with E-state index in [1.165, 1.54) is 0 Å². The molecule has 27 heavy (non-hydrogen) atoms. The van der Waals surface area contributed by atoms with E-state index in [1.807, 2.05) is 36.0 Å². The molecule has 2 aromatic rings. The zero-order chi connectivity index (χ0) is 18.9. The molecule has 1 aromatic heterocycles. The number of piperidine rings is 1. The Bertz CT molecular complexity index is 826. The van der Waals surface area contributed by atoms with Gasteiger partial charge in [-0.05, 0) is 56.5 Å². The van der Waals surface area contributed by atoms with Gasteiger partial charge >= 0.3 is 6.03 Å². The maximum absolute atomic E-state index is 12.4. The van der Waals surface area contributed by atoms with E-state index in [-0.39, 0.29) is 17.9 Å². The molecular formula is C20H25N5O2. The van der Waals surface area contributed by atoms with Crippen LogP contribution in [0.15, 0.2) is 42.6 Å². The number of amides is 3. The van der Waals surface area contributed by atoms with Gasteiger partial charge in [0.15, 0.2) is 0 Å². The van der Waals surface area contributed by atoms with Crippen molar-refractivity contribution in [2.45, 2.75) is 38.3 Å². The molecule has 7 nitrogen and oxygen atoms in total. The van der Waals surface area contributed by atoms with Crippen molar-refractivity contribution in [1.82, 2.24) is 25.3 Å². The van der Waals surface area contributed by atoms with Crippen molar-refractivity contribution in [2.24, 2.45) is 5.92 Å². The van der Waals surface area contributed by atoms with E-state index in [2.05, 4.69) is 38.8 Å². The molecule has 0 aliphatic carbocycles. The molecule has 3 heterocycles. The minimum atomic E-state index is -0.741. The van der Waals surface area contributed by atoms with Gasteiger partial charge in [-0.25, -0.2) is 9.48 Å². The summed E-state index contributed by atoms with van der Waals surface area (Å²) in [5, 5.41) is 9.77.